The van der Waals surface area contributed by atoms with E-state index in [0.29, 0.717) is 13.2 Å². The molecule has 1 amide bonds. The maximum absolute atomic E-state index is 11.6. The molecular weight excluding hydrogens is 268 g/mol. The molecule has 1 aromatic carbocycles. The fourth-order valence-corrected chi connectivity index (χ4v) is 1.28. The van der Waals surface area contributed by atoms with Gasteiger partial charge in [0.25, 0.3) is 11.6 Å². The largest absolute Gasteiger partial charge is 0.452 e. The minimum Gasteiger partial charge on any atom is -0.452 e. The summed E-state index contributed by atoms with van der Waals surface area (Å²) in [5, 5.41) is 12.9. The fraction of sp³-hybridized carbons (Fsp3) is 0.333. The smallest absolute Gasteiger partial charge is 0.338 e. The van der Waals surface area contributed by atoms with Gasteiger partial charge in [-0.05, 0) is 12.1 Å². The molecule has 0 aliphatic carbocycles. The van der Waals surface area contributed by atoms with Crippen LogP contribution in [-0.2, 0) is 14.3 Å². The van der Waals surface area contributed by atoms with E-state index in [2.05, 4.69) is 5.32 Å². The van der Waals surface area contributed by atoms with Crippen molar-refractivity contribution in [2.24, 2.45) is 0 Å². The lowest BCUT2D eigenvalue weighted by Gasteiger charge is -2.06. The monoisotopic (exact) mass is 282 g/mol. The molecule has 0 saturated heterocycles. The van der Waals surface area contributed by atoms with E-state index in [-0.39, 0.29) is 11.3 Å². The quantitative estimate of drug-likeness (QED) is 0.338. The third-order valence-corrected chi connectivity index (χ3v) is 2.28. The van der Waals surface area contributed by atoms with E-state index < -0.39 is 23.4 Å². The minimum atomic E-state index is -0.721. The number of amides is 1. The first-order valence-electron chi connectivity index (χ1n) is 5.72. The standard InChI is InChI=1S/C12H14N2O6/c1-19-7-6-13-11(15)8-20-12(16)9-2-4-10(5-3-9)14(17)18/h2-5H,6-8H2,1H3,(H,13,15). The number of carbonyl (C=O) groups is 2. The topological polar surface area (TPSA) is 108 Å². The summed E-state index contributed by atoms with van der Waals surface area (Å²) in [5.41, 5.74) is 0.0131. The Morgan fingerprint density at radius 2 is 1.95 bits per heavy atom. The summed E-state index contributed by atoms with van der Waals surface area (Å²) in [6.45, 7) is 0.270. The van der Waals surface area contributed by atoms with Gasteiger partial charge in [-0.25, -0.2) is 4.79 Å². The molecule has 1 aromatic rings. The van der Waals surface area contributed by atoms with Gasteiger partial charge in [0.2, 0.25) is 0 Å². The number of nitro benzene ring substituents is 1. The van der Waals surface area contributed by atoms with Crippen LogP contribution in [0.15, 0.2) is 24.3 Å². The van der Waals surface area contributed by atoms with Crippen LogP contribution in [-0.4, -0.2) is 43.7 Å². The molecule has 1 N–H and O–H groups in total. The number of rotatable bonds is 7. The minimum absolute atomic E-state index is 0.126. The maximum atomic E-state index is 11.6. The highest BCUT2D eigenvalue weighted by atomic mass is 16.6. The zero-order valence-electron chi connectivity index (χ0n) is 10.8. The van der Waals surface area contributed by atoms with Crippen LogP contribution in [0.25, 0.3) is 0 Å². The van der Waals surface area contributed by atoms with Crippen LogP contribution in [0.5, 0.6) is 0 Å². The molecule has 0 fully saturated rings. The van der Waals surface area contributed by atoms with Gasteiger partial charge in [-0.2, -0.15) is 0 Å². The fourth-order valence-electron chi connectivity index (χ4n) is 1.28. The zero-order chi connectivity index (χ0) is 15.0. The van der Waals surface area contributed by atoms with Crippen molar-refractivity contribution in [2.45, 2.75) is 0 Å². The Morgan fingerprint density at radius 3 is 2.50 bits per heavy atom. The molecule has 0 heterocycles. The summed E-state index contributed by atoms with van der Waals surface area (Å²) in [4.78, 5) is 32.7. The number of methoxy groups -OCH3 is 1. The molecule has 8 heteroatoms. The molecule has 20 heavy (non-hydrogen) atoms. The van der Waals surface area contributed by atoms with Crippen LogP contribution in [0.1, 0.15) is 10.4 Å². The summed E-state index contributed by atoms with van der Waals surface area (Å²) in [5.74, 6) is -1.17. The average molecular weight is 282 g/mol. The number of nitro groups is 1. The predicted molar refractivity (Wildman–Crippen MR) is 68.3 cm³/mol. The van der Waals surface area contributed by atoms with E-state index in [0.717, 1.165) is 0 Å². The van der Waals surface area contributed by atoms with Crippen LogP contribution < -0.4 is 5.32 Å². The second kappa shape index (κ2) is 7.85. The second-order valence-corrected chi connectivity index (χ2v) is 3.72. The lowest BCUT2D eigenvalue weighted by Crippen LogP contribution is -2.31. The van der Waals surface area contributed by atoms with Crippen molar-refractivity contribution in [1.82, 2.24) is 5.32 Å². The Bertz CT molecular complexity index is 485. The highest BCUT2D eigenvalue weighted by molar-refractivity contribution is 5.91. The van der Waals surface area contributed by atoms with E-state index in [1.807, 2.05) is 0 Å². The molecule has 0 aromatic heterocycles. The molecule has 0 radical (unpaired) electrons. The summed E-state index contributed by atoms with van der Waals surface area (Å²) < 4.78 is 9.50. The Morgan fingerprint density at radius 1 is 1.30 bits per heavy atom. The van der Waals surface area contributed by atoms with Gasteiger partial charge in [-0.15, -0.1) is 0 Å². The first-order chi connectivity index (χ1) is 9.54. The Balaban J connectivity index is 2.42. The lowest BCUT2D eigenvalue weighted by atomic mass is 10.2. The van der Waals surface area contributed by atoms with Crippen molar-refractivity contribution in [1.29, 1.82) is 0 Å². The summed E-state index contributed by atoms with van der Waals surface area (Å²) in [6.07, 6.45) is 0. The molecule has 0 spiro atoms. The molecule has 0 aliphatic rings. The van der Waals surface area contributed by atoms with Crippen molar-refractivity contribution < 1.29 is 24.0 Å². The predicted octanol–water partition coefficient (Wildman–Crippen LogP) is 0.514. The molecule has 0 bridgehead atoms. The number of esters is 1. The number of ether oxygens (including phenoxy) is 2. The van der Waals surface area contributed by atoms with Crippen LogP contribution in [0.4, 0.5) is 5.69 Å². The first-order valence-corrected chi connectivity index (χ1v) is 5.72. The van der Waals surface area contributed by atoms with Gasteiger partial charge in [-0.3, -0.25) is 14.9 Å². The number of benzene rings is 1. The van der Waals surface area contributed by atoms with Crippen LogP contribution >= 0.6 is 0 Å². The number of nitrogens with one attached hydrogen (secondary N) is 1. The molecule has 0 aliphatic heterocycles. The summed E-state index contributed by atoms with van der Waals surface area (Å²) in [7, 11) is 1.50. The summed E-state index contributed by atoms with van der Waals surface area (Å²) >= 11 is 0. The number of hydrogen-bond donors (Lipinski definition) is 1. The normalized spacial score (nSPS) is 9.85. The molecule has 108 valence electrons. The van der Waals surface area contributed by atoms with Gasteiger partial charge in [-0.1, -0.05) is 0 Å². The van der Waals surface area contributed by atoms with E-state index >= 15 is 0 Å². The van der Waals surface area contributed by atoms with E-state index in [1.54, 1.807) is 0 Å². The van der Waals surface area contributed by atoms with Gasteiger partial charge in [0.15, 0.2) is 6.61 Å². The van der Waals surface area contributed by atoms with Gasteiger partial charge in [0.1, 0.15) is 0 Å². The Labute approximate surface area is 114 Å². The van der Waals surface area contributed by atoms with Crippen LogP contribution in [0, 0.1) is 10.1 Å². The zero-order valence-corrected chi connectivity index (χ0v) is 10.8. The van der Waals surface area contributed by atoms with Crippen molar-refractivity contribution in [3.8, 4) is 0 Å². The van der Waals surface area contributed by atoms with Crippen molar-refractivity contribution >= 4 is 17.6 Å². The molecule has 0 saturated carbocycles. The molecule has 8 nitrogen and oxygen atoms in total. The molecule has 1 rings (SSSR count). The number of carbonyl (C=O) groups excluding carboxylic acids is 2. The molecule has 0 atom stereocenters. The van der Waals surface area contributed by atoms with Crippen molar-refractivity contribution in [3.63, 3.8) is 0 Å². The van der Waals surface area contributed by atoms with E-state index in [1.165, 1.54) is 31.4 Å². The Hall–Kier alpha value is -2.48. The van der Waals surface area contributed by atoms with Gasteiger partial charge in [0, 0.05) is 25.8 Å². The van der Waals surface area contributed by atoms with E-state index in [9.17, 15) is 19.7 Å². The second-order valence-electron chi connectivity index (χ2n) is 3.72. The first kappa shape index (κ1) is 15.6. The highest BCUT2D eigenvalue weighted by Crippen LogP contribution is 2.12. The highest BCUT2D eigenvalue weighted by Gasteiger charge is 2.12. The number of nitrogens with zero attached hydrogens (tertiary/aromatic N) is 1. The average Bonchev–Trinajstić information content (AvgIpc) is 2.45. The third-order valence-electron chi connectivity index (χ3n) is 2.28. The Kier molecular flexibility index (Phi) is 6.11. The van der Waals surface area contributed by atoms with Crippen molar-refractivity contribution in [3.05, 3.63) is 39.9 Å². The number of non-ortho nitro benzene ring substituents is 1. The van der Waals surface area contributed by atoms with Crippen LogP contribution in [0.2, 0.25) is 0 Å². The molecular formula is C12H14N2O6. The molecule has 0 unspecified atom stereocenters. The van der Waals surface area contributed by atoms with E-state index in [4.69, 9.17) is 9.47 Å². The SMILES string of the molecule is COCCNC(=O)COC(=O)c1ccc([N+](=O)[O-])cc1. The third kappa shape index (κ3) is 5.02. The van der Waals surface area contributed by atoms with Crippen LogP contribution in [0.3, 0.4) is 0 Å². The summed E-state index contributed by atoms with van der Waals surface area (Å²) in [6, 6.07) is 4.91. The van der Waals surface area contributed by atoms with Gasteiger partial charge in [0.05, 0.1) is 17.1 Å². The maximum Gasteiger partial charge on any atom is 0.338 e. The van der Waals surface area contributed by atoms with Crippen molar-refractivity contribution in [2.75, 3.05) is 26.9 Å². The van der Waals surface area contributed by atoms with Gasteiger partial charge < -0.3 is 14.8 Å². The lowest BCUT2D eigenvalue weighted by molar-refractivity contribution is -0.384. The van der Waals surface area contributed by atoms with Gasteiger partial charge >= 0.3 is 5.97 Å². The number of hydrogen-bond acceptors (Lipinski definition) is 6.